The lowest BCUT2D eigenvalue weighted by Crippen LogP contribution is -2.58. The molecule has 0 aromatic heterocycles. The molecule has 1 aliphatic rings. The molecule has 1 fully saturated rings. The molecule has 7 heteroatoms. The number of hydrogen-bond acceptors (Lipinski definition) is 4. The van der Waals surface area contributed by atoms with Crippen LogP contribution in [0.2, 0.25) is 0 Å². The van der Waals surface area contributed by atoms with Gasteiger partial charge in [0.15, 0.2) is 0 Å². The fourth-order valence-corrected chi connectivity index (χ4v) is 2.91. The highest BCUT2D eigenvalue weighted by molar-refractivity contribution is 7.99. The number of halogens is 3. The van der Waals surface area contributed by atoms with Crippen molar-refractivity contribution in [3.63, 3.8) is 0 Å². The minimum Gasteiger partial charge on any atom is -0.465 e. The van der Waals surface area contributed by atoms with Gasteiger partial charge in [0.05, 0.1) is 13.2 Å². The van der Waals surface area contributed by atoms with Gasteiger partial charge in [-0.25, -0.2) is 0 Å². The molecule has 0 saturated carbocycles. The summed E-state index contributed by atoms with van der Waals surface area (Å²) in [6.07, 6.45) is -3.20. The van der Waals surface area contributed by atoms with Gasteiger partial charge in [0.25, 0.3) is 0 Å². The average Bonchev–Trinajstić information content (AvgIpc) is 2.27. The number of thioether (sulfide) groups is 1. The number of carbonyl (C=O) groups is 1. The standard InChI is InChI=1S/C10H16F3NO2S/c1-2-16-8(15)9(4-3-5-17-7-9)14-6-10(11,12)13/h14H,2-7H2,1H3. The minimum atomic E-state index is -4.32. The first-order valence-corrected chi connectivity index (χ1v) is 6.62. The van der Waals surface area contributed by atoms with E-state index >= 15 is 0 Å². The normalized spacial score (nSPS) is 25.6. The number of esters is 1. The van der Waals surface area contributed by atoms with Crippen molar-refractivity contribution in [2.45, 2.75) is 31.5 Å². The van der Waals surface area contributed by atoms with Gasteiger partial charge in [0, 0.05) is 5.75 Å². The Balaban J connectivity index is 2.68. The number of rotatable bonds is 4. The van der Waals surface area contributed by atoms with Gasteiger partial charge in [-0.1, -0.05) is 0 Å². The Morgan fingerprint density at radius 1 is 1.53 bits per heavy atom. The summed E-state index contributed by atoms with van der Waals surface area (Å²) in [4.78, 5) is 11.8. The van der Waals surface area contributed by atoms with Crippen LogP contribution in [0.4, 0.5) is 13.2 Å². The number of ether oxygens (including phenoxy) is 1. The molecule has 1 N–H and O–H groups in total. The summed E-state index contributed by atoms with van der Waals surface area (Å²) in [6, 6.07) is 0. The Labute approximate surface area is 102 Å². The summed E-state index contributed by atoms with van der Waals surface area (Å²) in [5.74, 6) is 0.632. The summed E-state index contributed by atoms with van der Waals surface area (Å²) in [7, 11) is 0. The Bertz CT molecular complexity index is 265. The monoisotopic (exact) mass is 271 g/mol. The summed E-state index contributed by atoms with van der Waals surface area (Å²) < 4.78 is 41.5. The third kappa shape index (κ3) is 4.39. The largest absolute Gasteiger partial charge is 0.465 e. The van der Waals surface area contributed by atoms with Crippen molar-refractivity contribution in [3.8, 4) is 0 Å². The van der Waals surface area contributed by atoms with E-state index in [2.05, 4.69) is 5.32 Å². The molecule has 100 valence electrons. The van der Waals surface area contributed by atoms with Crippen molar-refractivity contribution < 1.29 is 22.7 Å². The van der Waals surface area contributed by atoms with E-state index in [1.807, 2.05) is 0 Å². The van der Waals surface area contributed by atoms with Crippen molar-refractivity contribution in [2.24, 2.45) is 0 Å². The first kappa shape index (κ1) is 14.6. The summed E-state index contributed by atoms with van der Waals surface area (Å²) in [5.41, 5.74) is -1.17. The maximum Gasteiger partial charge on any atom is 0.401 e. The van der Waals surface area contributed by atoms with Crippen LogP contribution < -0.4 is 5.32 Å². The van der Waals surface area contributed by atoms with Gasteiger partial charge < -0.3 is 4.74 Å². The molecule has 1 unspecified atom stereocenters. The van der Waals surface area contributed by atoms with E-state index in [1.165, 1.54) is 11.8 Å². The highest BCUT2D eigenvalue weighted by atomic mass is 32.2. The van der Waals surface area contributed by atoms with E-state index in [9.17, 15) is 18.0 Å². The maximum atomic E-state index is 12.2. The zero-order chi connectivity index (χ0) is 12.9. The molecule has 0 amide bonds. The van der Waals surface area contributed by atoms with Gasteiger partial charge in [-0.2, -0.15) is 24.9 Å². The van der Waals surface area contributed by atoms with Gasteiger partial charge >= 0.3 is 12.1 Å². The predicted molar refractivity (Wildman–Crippen MR) is 60.0 cm³/mol. The summed E-state index contributed by atoms with van der Waals surface area (Å²) >= 11 is 1.48. The molecule has 3 nitrogen and oxygen atoms in total. The number of nitrogens with one attached hydrogen (secondary N) is 1. The van der Waals surface area contributed by atoms with Crippen LogP contribution in [0.15, 0.2) is 0 Å². The van der Waals surface area contributed by atoms with Gasteiger partial charge in [0.2, 0.25) is 0 Å². The molecule has 17 heavy (non-hydrogen) atoms. The lowest BCUT2D eigenvalue weighted by Gasteiger charge is -2.35. The van der Waals surface area contributed by atoms with Crippen LogP contribution in [-0.4, -0.2) is 42.3 Å². The highest BCUT2D eigenvalue weighted by Gasteiger charge is 2.43. The fourth-order valence-electron chi connectivity index (χ4n) is 1.71. The Kier molecular flexibility index (Phi) is 5.12. The first-order chi connectivity index (χ1) is 7.90. The molecular weight excluding hydrogens is 255 g/mol. The van der Waals surface area contributed by atoms with E-state index < -0.39 is 24.2 Å². The smallest absolute Gasteiger partial charge is 0.401 e. The molecular formula is C10H16F3NO2S. The predicted octanol–water partition coefficient (Wildman–Crippen LogP) is 1.97. The Hall–Kier alpha value is -0.430. The summed E-state index contributed by atoms with van der Waals surface area (Å²) in [6.45, 7) is 0.663. The van der Waals surface area contributed by atoms with Gasteiger partial charge in [-0.15, -0.1) is 0 Å². The molecule has 0 spiro atoms. The average molecular weight is 271 g/mol. The van der Waals surface area contributed by atoms with Crippen LogP contribution >= 0.6 is 11.8 Å². The second-order valence-corrected chi connectivity index (χ2v) is 5.03. The molecule has 0 radical (unpaired) electrons. The van der Waals surface area contributed by atoms with Gasteiger partial charge in [-0.3, -0.25) is 10.1 Å². The zero-order valence-electron chi connectivity index (χ0n) is 9.60. The quantitative estimate of drug-likeness (QED) is 0.793. The molecule has 1 rings (SSSR count). The van der Waals surface area contributed by atoms with E-state index in [0.717, 1.165) is 5.75 Å². The van der Waals surface area contributed by atoms with E-state index in [0.29, 0.717) is 18.6 Å². The number of hydrogen-bond donors (Lipinski definition) is 1. The Morgan fingerprint density at radius 2 is 2.24 bits per heavy atom. The molecule has 1 saturated heterocycles. The number of alkyl halides is 3. The van der Waals surface area contributed by atoms with Gasteiger partial charge in [0.1, 0.15) is 5.54 Å². The minimum absolute atomic E-state index is 0.180. The molecule has 0 bridgehead atoms. The summed E-state index contributed by atoms with van der Waals surface area (Å²) in [5, 5.41) is 2.34. The van der Waals surface area contributed by atoms with Crippen LogP contribution in [0.25, 0.3) is 0 Å². The molecule has 1 aliphatic heterocycles. The van der Waals surface area contributed by atoms with Crippen molar-refractivity contribution in [3.05, 3.63) is 0 Å². The lowest BCUT2D eigenvalue weighted by molar-refractivity contribution is -0.155. The third-order valence-electron chi connectivity index (χ3n) is 2.53. The zero-order valence-corrected chi connectivity index (χ0v) is 10.4. The maximum absolute atomic E-state index is 12.2. The first-order valence-electron chi connectivity index (χ1n) is 5.46. The Morgan fingerprint density at radius 3 is 2.71 bits per heavy atom. The second-order valence-electron chi connectivity index (χ2n) is 3.93. The topological polar surface area (TPSA) is 38.3 Å². The molecule has 0 aromatic carbocycles. The van der Waals surface area contributed by atoms with Crippen molar-refractivity contribution in [1.29, 1.82) is 0 Å². The molecule has 0 aromatic rings. The van der Waals surface area contributed by atoms with E-state index in [1.54, 1.807) is 6.92 Å². The third-order valence-corrected chi connectivity index (χ3v) is 3.81. The molecule has 0 aliphatic carbocycles. The van der Waals surface area contributed by atoms with Crippen LogP contribution in [0.5, 0.6) is 0 Å². The SMILES string of the molecule is CCOC(=O)C1(NCC(F)(F)F)CCCSC1. The van der Waals surface area contributed by atoms with Crippen LogP contribution in [0, 0.1) is 0 Å². The highest BCUT2D eigenvalue weighted by Crippen LogP contribution is 2.29. The molecule has 1 atom stereocenters. The number of carbonyl (C=O) groups excluding carboxylic acids is 1. The van der Waals surface area contributed by atoms with Crippen molar-refractivity contribution >= 4 is 17.7 Å². The van der Waals surface area contributed by atoms with Crippen LogP contribution in [0.1, 0.15) is 19.8 Å². The van der Waals surface area contributed by atoms with E-state index in [4.69, 9.17) is 4.74 Å². The fraction of sp³-hybridized carbons (Fsp3) is 0.900. The second kappa shape index (κ2) is 5.95. The lowest BCUT2D eigenvalue weighted by atomic mass is 9.95. The van der Waals surface area contributed by atoms with E-state index in [-0.39, 0.29) is 6.61 Å². The van der Waals surface area contributed by atoms with Gasteiger partial charge in [-0.05, 0) is 25.5 Å². The molecule has 1 heterocycles. The van der Waals surface area contributed by atoms with Crippen molar-refractivity contribution in [1.82, 2.24) is 5.32 Å². The van der Waals surface area contributed by atoms with Crippen LogP contribution in [0.3, 0.4) is 0 Å². The van der Waals surface area contributed by atoms with Crippen molar-refractivity contribution in [2.75, 3.05) is 24.7 Å². The van der Waals surface area contributed by atoms with Crippen LogP contribution in [-0.2, 0) is 9.53 Å².